The quantitative estimate of drug-likeness (QED) is 0.777. The minimum Gasteiger partial charge on any atom is -0.341 e. The van der Waals surface area contributed by atoms with Gasteiger partial charge in [-0.05, 0) is 61.4 Å². The van der Waals surface area contributed by atoms with Gasteiger partial charge in [-0.25, -0.2) is 0 Å². The van der Waals surface area contributed by atoms with Gasteiger partial charge in [-0.3, -0.25) is 19.5 Å². The van der Waals surface area contributed by atoms with Crippen molar-refractivity contribution in [2.45, 2.75) is 64.0 Å². The summed E-state index contributed by atoms with van der Waals surface area (Å²) in [5, 5.41) is 3.33. The summed E-state index contributed by atoms with van der Waals surface area (Å²) in [5.41, 5.74) is 2.69. The van der Waals surface area contributed by atoms with Crippen molar-refractivity contribution in [3.63, 3.8) is 0 Å². The number of amides is 2. The molecule has 4 rings (SSSR count). The number of hydrogen-bond donors (Lipinski definition) is 1. The number of aromatic nitrogens is 1. The number of rotatable bonds is 5. The Morgan fingerprint density at radius 1 is 1.09 bits per heavy atom. The van der Waals surface area contributed by atoms with E-state index >= 15 is 0 Å². The maximum absolute atomic E-state index is 13.8. The average molecular weight is 435 g/mol. The molecule has 0 saturated carbocycles. The zero-order valence-corrected chi connectivity index (χ0v) is 19.4. The molecule has 2 amide bonds. The lowest BCUT2D eigenvalue weighted by molar-refractivity contribution is -0.134. The maximum Gasteiger partial charge on any atom is 0.250 e. The summed E-state index contributed by atoms with van der Waals surface area (Å²) in [6.45, 7) is 8.81. The van der Waals surface area contributed by atoms with Crippen LogP contribution >= 0.6 is 0 Å². The second-order valence-corrected chi connectivity index (χ2v) is 9.88. The fraction of sp³-hybridized carbons (Fsp3) is 0.500. The standard InChI is InChI=1S/C26H34N4O2/c1-26(2,3)20-10-12-21(13-11-20)30(24(31)22-9-7-15-28-22)23(19-8-6-14-27-18-19)25(32)29-16-4-5-17-29/h6,8,10-14,18,22-23,28H,4-5,7,9,15-17H2,1-3H3. The predicted molar refractivity (Wildman–Crippen MR) is 126 cm³/mol. The van der Waals surface area contributed by atoms with E-state index in [1.165, 1.54) is 5.56 Å². The van der Waals surface area contributed by atoms with Crippen molar-refractivity contribution in [3.05, 3.63) is 59.9 Å². The molecule has 1 aromatic heterocycles. The number of pyridine rings is 1. The summed E-state index contributed by atoms with van der Waals surface area (Å²) in [4.78, 5) is 35.5. The van der Waals surface area contributed by atoms with Crippen molar-refractivity contribution in [1.82, 2.24) is 15.2 Å². The largest absolute Gasteiger partial charge is 0.341 e. The Morgan fingerprint density at radius 2 is 1.81 bits per heavy atom. The highest BCUT2D eigenvalue weighted by Crippen LogP contribution is 2.33. The van der Waals surface area contributed by atoms with Gasteiger partial charge in [0.25, 0.3) is 0 Å². The van der Waals surface area contributed by atoms with Crippen molar-refractivity contribution in [1.29, 1.82) is 0 Å². The summed E-state index contributed by atoms with van der Waals surface area (Å²) in [6, 6.07) is 10.8. The van der Waals surface area contributed by atoms with Gasteiger partial charge < -0.3 is 10.2 Å². The zero-order chi connectivity index (χ0) is 22.7. The number of nitrogens with one attached hydrogen (secondary N) is 1. The highest BCUT2D eigenvalue weighted by Gasteiger charge is 2.39. The van der Waals surface area contributed by atoms with Crippen LogP contribution in [0.1, 0.15) is 63.6 Å². The third-order valence-electron chi connectivity index (χ3n) is 6.52. The molecule has 2 fully saturated rings. The topological polar surface area (TPSA) is 65.5 Å². The van der Waals surface area contributed by atoms with Crippen LogP contribution in [0.3, 0.4) is 0 Å². The van der Waals surface area contributed by atoms with E-state index in [1.54, 1.807) is 17.3 Å². The van der Waals surface area contributed by atoms with Crippen LogP contribution in [0, 0.1) is 0 Å². The first kappa shape index (κ1) is 22.5. The Balaban J connectivity index is 1.79. The van der Waals surface area contributed by atoms with Crippen molar-refractivity contribution >= 4 is 17.5 Å². The molecule has 2 aliphatic rings. The monoisotopic (exact) mass is 434 g/mol. The molecule has 0 radical (unpaired) electrons. The minimum atomic E-state index is -0.725. The van der Waals surface area contributed by atoms with Crippen molar-refractivity contribution in [2.75, 3.05) is 24.5 Å². The molecule has 2 saturated heterocycles. The molecule has 1 aromatic carbocycles. The summed E-state index contributed by atoms with van der Waals surface area (Å²) in [7, 11) is 0. The highest BCUT2D eigenvalue weighted by atomic mass is 16.2. The molecule has 170 valence electrons. The molecule has 0 spiro atoms. The first-order chi connectivity index (χ1) is 15.4. The molecule has 3 heterocycles. The van der Waals surface area contributed by atoms with E-state index in [0.717, 1.165) is 56.6 Å². The summed E-state index contributed by atoms with van der Waals surface area (Å²) < 4.78 is 0. The average Bonchev–Trinajstić information content (AvgIpc) is 3.51. The molecule has 2 unspecified atom stereocenters. The van der Waals surface area contributed by atoms with Gasteiger partial charge in [0.15, 0.2) is 0 Å². The molecule has 32 heavy (non-hydrogen) atoms. The lowest BCUT2D eigenvalue weighted by atomic mass is 9.87. The normalized spacial score (nSPS) is 19.7. The number of carbonyl (C=O) groups excluding carboxylic acids is 2. The van der Waals surface area contributed by atoms with Crippen LogP contribution in [0.2, 0.25) is 0 Å². The van der Waals surface area contributed by atoms with Crippen LogP contribution in [0.4, 0.5) is 5.69 Å². The van der Waals surface area contributed by atoms with E-state index in [-0.39, 0.29) is 23.3 Å². The summed E-state index contributed by atoms with van der Waals surface area (Å²) in [6.07, 6.45) is 7.17. The van der Waals surface area contributed by atoms with E-state index in [4.69, 9.17) is 0 Å². The number of benzene rings is 1. The molecule has 1 N–H and O–H groups in total. The summed E-state index contributed by atoms with van der Waals surface area (Å²) in [5.74, 6) is -0.0749. The fourth-order valence-electron chi connectivity index (χ4n) is 4.64. The molecule has 6 heteroatoms. The number of nitrogens with zero attached hydrogens (tertiary/aromatic N) is 3. The second-order valence-electron chi connectivity index (χ2n) is 9.88. The van der Waals surface area contributed by atoms with Gasteiger partial charge in [0.1, 0.15) is 6.04 Å². The molecule has 2 aromatic rings. The molecule has 2 atom stereocenters. The number of hydrogen-bond acceptors (Lipinski definition) is 4. The van der Waals surface area contributed by atoms with Gasteiger partial charge in [0.05, 0.1) is 6.04 Å². The molecule has 0 aliphatic carbocycles. The van der Waals surface area contributed by atoms with Gasteiger partial charge in [-0.1, -0.05) is 39.0 Å². The Hall–Kier alpha value is -2.73. The second kappa shape index (κ2) is 9.41. The van der Waals surface area contributed by atoms with E-state index in [1.807, 2.05) is 29.2 Å². The SMILES string of the molecule is CC(C)(C)c1ccc(N(C(=O)C2CCCN2)C(C(=O)N2CCCC2)c2cccnc2)cc1. The van der Waals surface area contributed by atoms with Gasteiger partial charge in [0.2, 0.25) is 11.8 Å². The Morgan fingerprint density at radius 3 is 2.38 bits per heavy atom. The zero-order valence-electron chi connectivity index (χ0n) is 19.4. The highest BCUT2D eigenvalue weighted by molar-refractivity contribution is 6.03. The van der Waals surface area contributed by atoms with E-state index in [2.05, 4.69) is 43.2 Å². The van der Waals surface area contributed by atoms with E-state index in [0.29, 0.717) is 0 Å². The van der Waals surface area contributed by atoms with Crippen LogP contribution in [0.25, 0.3) is 0 Å². The number of anilines is 1. The van der Waals surface area contributed by atoms with Crippen LogP contribution in [-0.4, -0.2) is 47.4 Å². The number of likely N-dealkylation sites (tertiary alicyclic amines) is 1. The van der Waals surface area contributed by atoms with Crippen molar-refractivity contribution in [2.24, 2.45) is 0 Å². The third-order valence-corrected chi connectivity index (χ3v) is 6.52. The molecule has 6 nitrogen and oxygen atoms in total. The minimum absolute atomic E-state index is 0.00843. The summed E-state index contributed by atoms with van der Waals surface area (Å²) >= 11 is 0. The van der Waals surface area contributed by atoms with Gasteiger partial charge in [-0.2, -0.15) is 0 Å². The van der Waals surface area contributed by atoms with Crippen LogP contribution in [-0.2, 0) is 15.0 Å². The van der Waals surface area contributed by atoms with Crippen molar-refractivity contribution < 1.29 is 9.59 Å². The molecule has 2 aliphatic heterocycles. The van der Waals surface area contributed by atoms with Crippen molar-refractivity contribution in [3.8, 4) is 0 Å². The molecular weight excluding hydrogens is 400 g/mol. The predicted octanol–water partition coefficient (Wildman–Crippen LogP) is 3.83. The first-order valence-corrected chi connectivity index (χ1v) is 11.7. The van der Waals surface area contributed by atoms with E-state index in [9.17, 15) is 9.59 Å². The first-order valence-electron chi connectivity index (χ1n) is 11.7. The molecule has 0 bridgehead atoms. The van der Waals surface area contributed by atoms with Gasteiger partial charge >= 0.3 is 0 Å². The van der Waals surface area contributed by atoms with Crippen LogP contribution < -0.4 is 10.2 Å². The Kier molecular flexibility index (Phi) is 6.60. The number of carbonyl (C=O) groups is 2. The van der Waals surface area contributed by atoms with Crippen LogP contribution in [0.15, 0.2) is 48.8 Å². The van der Waals surface area contributed by atoms with Crippen LogP contribution in [0.5, 0.6) is 0 Å². The van der Waals surface area contributed by atoms with E-state index < -0.39 is 6.04 Å². The lowest BCUT2D eigenvalue weighted by Crippen LogP contribution is -2.50. The lowest BCUT2D eigenvalue weighted by Gasteiger charge is -2.35. The Labute approximate surface area is 191 Å². The molecular formula is C26H34N4O2. The van der Waals surface area contributed by atoms with Gasteiger partial charge in [0, 0.05) is 36.7 Å². The third kappa shape index (κ3) is 4.70. The van der Waals surface area contributed by atoms with Gasteiger partial charge in [-0.15, -0.1) is 0 Å². The Bertz CT molecular complexity index is 925. The smallest absolute Gasteiger partial charge is 0.250 e. The maximum atomic E-state index is 13.8. The fourth-order valence-corrected chi connectivity index (χ4v) is 4.64.